The SMILES string of the molecule is CN=C(NCc1ccccc1F)NCC(C)Oc1cccc(OC)c1.I. The molecule has 0 bridgehead atoms. The summed E-state index contributed by atoms with van der Waals surface area (Å²) in [6, 6.07) is 14.1. The van der Waals surface area contributed by atoms with Crippen LogP contribution in [0.3, 0.4) is 0 Å². The van der Waals surface area contributed by atoms with E-state index >= 15 is 0 Å². The number of nitrogens with zero attached hydrogens (tertiary/aromatic N) is 1. The standard InChI is InChI=1S/C19H24FN3O2.HI/c1-14(25-17-9-6-8-16(11-17)24-3)12-22-19(21-2)23-13-15-7-4-5-10-18(15)20;/h4-11,14H,12-13H2,1-3H3,(H2,21,22,23);1H. The minimum atomic E-state index is -0.236. The Labute approximate surface area is 171 Å². The smallest absolute Gasteiger partial charge is 0.191 e. The molecular weight excluding hydrogens is 448 g/mol. The van der Waals surface area contributed by atoms with Crippen molar-refractivity contribution in [3.05, 3.63) is 59.9 Å². The van der Waals surface area contributed by atoms with Crippen molar-refractivity contribution in [3.63, 3.8) is 0 Å². The summed E-state index contributed by atoms with van der Waals surface area (Å²) in [5.74, 6) is 1.84. The number of nitrogens with one attached hydrogen (secondary N) is 2. The summed E-state index contributed by atoms with van der Waals surface area (Å²) in [5.41, 5.74) is 0.589. The van der Waals surface area contributed by atoms with Gasteiger partial charge in [0.2, 0.25) is 0 Å². The van der Waals surface area contributed by atoms with Crippen molar-refractivity contribution in [3.8, 4) is 11.5 Å². The van der Waals surface area contributed by atoms with Gasteiger partial charge in [0.1, 0.15) is 23.4 Å². The third kappa shape index (κ3) is 7.07. The highest BCUT2D eigenvalue weighted by molar-refractivity contribution is 14.0. The monoisotopic (exact) mass is 473 g/mol. The highest BCUT2D eigenvalue weighted by Crippen LogP contribution is 2.19. The topological polar surface area (TPSA) is 54.9 Å². The van der Waals surface area contributed by atoms with Crippen molar-refractivity contribution in [1.29, 1.82) is 0 Å². The molecule has 0 amide bonds. The van der Waals surface area contributed by atoms with E-state index in [1.807, 2.05) is 31.2 Å². The third-order valence-corrected chi connectivity index (χ3v) is 3.56. The van der Waals surface area contributed by atoms with Gasteiger partial charge in [-0.1, -0.05) is 24.3 Å². The van der Waals surface area contributed by atoms with Gasteiger partial charge < -0.3 is 20.1 Å². The average molecular weight is 473 g/mol. The Morgan fingerprint density at radius 1 is 1.12 bits per heavy atom. The van der Waals surface area contributed by atoms with Gasteiger partial charge in [0.05, 0.1) is 13.7 Å². The van der Waals surface area contributed by atoms with E-state index in [4.69, 9.17) is 9.47 Å². The molecule has 2 aromatic rings. The van der Waals surface area contributed by atoms with Gasteiger partial charge in [-0.15, -0.1) is 24.0 Å². The third-order valence-electron chi connectivity index (χ3n) is 3.56. The number of guanidine groups is 1. The van der Waals surface area contributed by atoms with Crippen LogP contribution in [0.4, 0.5) is 4.39 Å². The zero-order valence-electron chi connectivity index (χ0n) is 15.2. The van der Waals surface area contributed by atoms with Crippen LogP contribution in [-0.2, 0) is 6.54 Å². The normalized spacial score (nSPS) is 11.9. The van der Waals surface area contributed by atoms with Crippen molar-refractivity contribution in [2.45, 2.75) is 19.6 Å². The highest BCUT2D eigenvalue weighted by Gasteiger charge is 2.07. The maximum absolute atomic E-state index is 13.6. The minimum absolute atomic E-state index is 0. The Kier molecular flexibility index (Phi) is 9.79. The average Bonchev–Trinajstić information content (AvgIpc) is 2.63. The van der Waals surface area contributed by atoms with E-state index in [-0.39, 0.29) is 35.9 Å². The summed E-state index contributed by atoms with van der Waals surface area (Å²) < 4.78 is 24.7. The van der Waals surface area contributed by atoms with Crippen molar-refractivity contribution in [1.82, 2.24) is 10.6 Å². The molecule has 1 atom stereocenters. The van der Waals surface area contributed by atoms with Gasteiger partial charge in [-0.3, -0.25) is 4.99 Å². The molecule has 142 valence electrons. The lowest BCUT2D eigenvalue weighted by Crippen LogP contribution is -2.41. The molecule has 7 heteroatoms. The Bertz CT molecular complexity index is 713. The number of methoxy groups -OCH3 is 1. The lowest BCUT2D eigenvalue weighted by Gasteiger charge is -2.18. The van der Waals surface area contributed by atoms with Crippen LogP contribution in [0.15, 0.2) is 53.5 Å². The molecule has 0 spiro atoms. The molecular formula is C19H25FIN3O2. The molecule has 5 nitrogen and oxygen atoms in total. The molecule has 0 fully saturated rings. The second-order valence-electron chi connectivity index (χ2n) is 5.51. The van der Waals surface area contributed by atoms with Crippen molar-refractivity contribution < 1.29 is 13.9 Å². The first-order valence-corrected chi connectivity index (χ1v) is 8.11. The van der Waals surface area contributed by atoms with Crippen molar-refractivity contribution in [2.24, 2.45) is 4.99 Å². The molecule has 0 saturated heterocycles. The molecule has 0 aliphatic rings. The number of ether oxygens (including phenoxy) is 2. The number of aliphatic imine (C=N–C) groups is 1. The Morgan fingerprint density at radius 3 is 2.54 bits per heavy atom. The van der Waals surface area contributed by atoms with Crippen LogP contribution in [-0.4, -0.2) is 32.8 Å². The van der Waals surface area contributed by atoms with E-state index < -0.39 is 0 Å². The van der Waals surface area contributed by atoms with Crippen LogP contribution < -0.4 is 20.1 Å². The first kappa shape index (κ1) is 22.0. The molecule has 0 aliphatic carbocycles. The molecule has 0 saturated carbocycles. The molecule has 26 heavy (non-hydrogen) atoms. The van der Waals surface area contributed by atoms with E-state index in [1.165, 1.54) is 6.07 Å². The second-order valence-corrected chi connectivity index (χ2v) is 5.51. The van der Waals surface area contributed by atoms with E-state index in [0.29, 0.717) is 24.6 Å². The zero-order valence-corrected chi connectivity index (χ0v) is 17.5. The van der Waals surface area contributed by atoms with Crippen LogP contribution >= 0.6 is 24.0 Å². The van der Waals surface area contributed by atoms with Crippen molar-refractivity contribution >= 4 is 29.9 Å². The van der Waals surface area contributed by atoms with E-state index in [0.717, 1.165) is 11.5 Å². The summed E-state index contributed by atoms with van der Waals surface area (Å²) in [5, 5.41) is 6.26. The number of halogens is 2. The molecule has 0 aromatic heterocycles. The van der Waals surface area contributed by atoms with Gasteiger partial charge in [0.15, 0.2) is 5.96 Å². The number of rotatable bonds is 7. The van der Waals surface area contributed by atoms with Gasteiger partial charge in [-0.25, -0.2) is 4.39 Å². The fraction of sp³-hybridized carbons (Fsp3) is 0.316. The summed E-state index contributed by atoms with van der Waals surface area (Å²) >= 11 is 0. The molecule has 2 N–H and O–H groups in total. The quantitative estimate of drug-likeness (QED) is 0.367. The summed E-state index contributed by atoms with van der Waals surface area (Å²) in [6.07, 6.45) is -0.0842. The van der Waals surface area contributed by atoms with Gasteiger partial charge >= 0.3 is 0 Å². The van der Waals surface area contributed by atoms with Gasteiger partial charge in [-0.2, -0.15) is 0 Å². The largest absolute Gasteiger partial charge is 0.497 e. The molecule has 0 radical (unpaired) electrons. The van der Waals surface area contributed by atoms with Gasteiger partial charge in [-0.05, 0) is 25.1 Å². The zero-order chi connectivity index (χ0) is 18.1. The summed E-state index contributed by atoms with van der Waals surface area (Å²) in [6.45, 7) is 2.86. The summed E-state index contributed by atoms with van der Waals surface area (Å²) in [4.78, 5) is 4.14. The van der Waals surface area contributed by atoms with E-state index in [1.54, 1.807) is 32.4 Å². The predicted molar refractivity (Wildman–Crippen MR) is 113 cm³/mol. The number of hydrogen-bond donors (Lipinski definition) is 2. The maximum Gasteiger partial charge on any atom is 0.191 e. The molecule has 2 rings (SSSR count). The van der Waals surface area contributed by atoms with Crippen LogP contribution in [0.5, 0.6) is 11.5 Å². The number of hydrogen-bond acceptors (Lipinski definition) is 3. The maximum atomic E-state index is 13.6. The number of benzene rings is 2. The summed E-state index contributed by atoms with van der Waals surface area (Å²) in [7, 11) is 3.29. The van der Waals surface area contributed by atoms with Crippen LogP contribution in [0.1, 0.15) is 12.5 Å². The Balaban J connectivity index is 0.00000338. The van der Waals surface area contributed by atoms with Gasteiger partial charge in [0, 0.05) is 25.2 Å². The van der Waals surface area contributed by atoms with E-state index in [9.17, 15) is 4.39 Å². The van der Waals surface area contributed by atoms with Crippen molar-refractivity contribution in [2.75, 3.05) is 20.7 Å². The van der Waals surface area contributed by atoms with Crippen LogP contribution in [0.2, 0.25) is 0 Å². The second kappa shape index (κ2) is 11.6. The molecule has 0 heterocycles. The lowest BCUT2D eigenvalue weighted by molar-refractivity contribution is 0.223. The predicted octanol–water partition coefficient (Wildman–Crippen LogP) is 3.58. The van der Waals surface area contributed by atoms with Crippen LogP contribution in [0, 0.1) is 5.82 Å². The molecule has 1 unspecified atom stereocenters. The molecule has 0 aliphatic heterocycles. The van der Waals surface area contributed by atoms with Gasteiger partial charge in [0.25, 0.3) is 0 Å². The fourth-order valence-electron chi connectivity index (χ4n) is 2.23. The molecule has 2 aromatic carbocycles. The Hall–Kier alpha value is -2.03. The first-order valence-electron chi connectivity index (χ1n) is 8.11. The highest BCUT2D eigenvalue weighted by atomic mass is 127. The fourth-order valence-corrected chi connectivity index (χ4v) is 2.23. The van der Waals surface area contributed by atoms with E-state index in [2.05, 4.69) is 15.6 Å². The first-order chi connectivity index (χ1) is 12.1. The lowest BCUT2D eigenvalue weighted by atomic mass is 10.2. The van der Waals surface area contributed by atoms with Crippen LogP contribution in [0.25, 0.3) is 0 Å². The minimum Gasteiger partial charge on any atom is -0.497 e. The Morgan fingerprint density at radius 2 is 1.85 bits per heavy atom.